The molecule has 0 aliphatic heterocycles. The fraction of sp³-hybridized carbons (Fsp3) is 0.133. The van der Waals surface area contributed by atoms with Crippen LogP contribution >= 0.6 is 0 Å². The molecule has 0 unspecified atom stereocenters. The minimum absolute atomic E-state index is 0.0899. The van der Waals surface area contributed by atoms with E-state index in [0.717, 1.165) is 22.2 Å². The average Bonchev–Trinajstić information content (AvgIpc) is 2.43. The molecule has 0 N–H and O–H groups in total. The number of nitrogens with zero attached hydrogens (tertiary/aromatic N) is 3. The van der Waals surface area contributed by atoms with Crippen LogP contribution in [-0.4, -0.2) is 14.8 Å². The summed E-state index contributed by atoms with van der Waals surface area (Å²) in [6.45, 7) is 2.01. The smallest absolute Gasteiger partial charge is 0.267 e. The molecule has 0 fully saturated rings. The van der Waals surface area contributed by atoms with Crippen molar-refractivity contribution in [2.45, 2.75) is 6.92 Å². The van der Waals surface area contributed by atoms with Crippen LogP contribution in [0, 0.1) is 6.92 Å². The SMILES string of the molecule is Cc1cccnc1-c1cccc2c(=O)n(C)ncc12. The van der Waals surface area contributed by atoms with Crippen LogP contribution in [0.25, 0.3) is 22.0 Å². The van der Waals surface area contributed by atoms with Crippen molar-refractivity contribution in [3.05, 3.63) is 58.6 Å². The lowest BCUT2D eigenvalue weighted by atomic mass is 10.0. The minimum atomic E-state index is -0.0899. The van der Waals surface area contributed by atoms with E-state index in [1.54, 1.807) is 19.4 Å². The van der Waals surface area contributed by atoms with Gasteiger partial charge in [-0.3, -0.25) is 9.78 Å². The molecule has 4 nitrogen and oxygen atoms in total. The summed E-state index contributed by atoms with van der Waals surface area (Å²) >= 11 is 0. The quantitative estimate of drug-likeness (QED) is 0.666. The Morgan fingerprint density at radius 3 is 2.74 bits per heavy atom. The predicted molar refractivity (Wildman–Crippen MR) is 75.0 cm³/mol. The Labute approximate surface area is 110 Å². The summed E-state index contributed by atoms with van der Waals surface area (Å²) in [7, 11) is 1.65. The van der Waals surface area contributed by atoms with Crippen LogP contribution in [0.2, 0.25) is 0 Å². The molecule has 3 aromatic rings. The molecular formula is C15H13N3O. The molecule has 0 atom stereocenters. The molecular weight excluding hydrogens is 238 g/mol. The zero-order valence-electron chi connectivity index (χ0n) is 10.8. The Balaban J connectivity index is 2.41. The van der Waals surface area contributed by atoms with Gasteiger partial charge in [0.05, 0.1) is 17.3 Å². The lowest BCUT2D eigenvalue weighted by molar-refractivity contribution is 0.718. The number of fused-ring (bicyclic) bond motifs is 1. The first-order valence-corrected chi connectivity index (χ1v) is 6.05. The Hall–Kier alpha value is -2.49. The van der Waals surface area contributed by atoms with E-state index in [0.29, 0.717) is 5.39 Å². The number of hydrogen-bond donors (Lipinski definition) is 0. The highest BCUT2D eigenvalue weighted by molar-refractivity contribution is 5.95. The molecule has 2 heterocycles. The number of hydrogen-bond acceptors (Lipinski definition) is 3. The summed E-state index contributed by atoms with van der Waals surface area (Å²) in [4.78, 5) is 16.5. The summed E-state index contributed by atoms with van der Waals surface area (Å²) in [6, 6.07) is 9.59. The van der Waals surface area contributed by atoms with Crippen molar-refractivity contribution < 1.29 is 0 Å². The van der Waals surface area contributed by atoms with E-state index < -0.39 is 0 Å². The van der Waals surface area contributed by atoms with Crippen LogP contribution in [0.15, 0.2) is 47.5 Å². The maximum atomic E-state index is 12.1. The Kier molecular flexibility index (Phi) is 2.63. The highest BCUT2D eigenvalue weighted by Gasteiger charge is 2.10. The number of rotatable bonds is 1. The zero-order valence-corrected chi connectivity index (χ0v) is 10.8. The fourth-order valence-electron chi connectivity index (χ4n) is 2.24. The minimum Gasteiger partial charge on any atom is -0.267 e. The maximum absolute atomic E-state index is 12.1. The number of aryl methyl sites for hydroxylation is 2. The second-order valence-corrected chi connectivity index (χ2v) is 4.51. The summed E-state index contributed by atoms with van der Waals surface area (Å²) in [6.07, 6.45) is 3.48. The molecule has 0 saturated carbocycles. The van der Waals surface area contributed by atoms with Crippen LogP contribution in [-0.2, 0) is 7.05 Å². The third kappa shape index (κ3) is 1.81. The predicted octanol–water partition coefficient (Wildman–Crippen LogP) is 2.30. The van der Waals surface area contributed by atoms with Crippen LogP contribution < -0.4 is 5.56 Å². The number of aromatic nitrogens is 3. The molecule has 0 spiro atoms. The van der Waals surface area contributed by atoms with E-state index in [-0.39, 0.29) is 5.56 Å². The lowest BCUT2D eigenvalue weighted by Crippen LogP contribution is -2.19. The summed E-state index contributed by atoms with van der Waals surface area (Å²) in [5.41, 5.74) is 2.83. The van der Waals surface area contributed by atoms with Crippen molar-refractivity contribution in [3.63, 3.8) is 0 Å². The van der Waals surface area contributed by atoms with Gasteiger partial charge in [-0.2, -0.15) is 5.10 Å². The van der Waals surface area contributed by atoms with Crippen LogP contribution in [0.1, 0.15) is 5.56 Å². The Morgan fingerprint density at radius 2 is 1.95 bits per heavy atom. The third-order valence-corrected chi connectivity index (χ3v) is 3.26. The first kappa shape index (κ1) is 11.6. The Morgan fingerprint density at radius 1 is 1.11 bits per heavy atom. The van der Waals surface area contributed by atoms with Gasteiger partial charge in [0, 0.05) is 24.2 Å². The van der Waals surface area contributed by atoms with Crippen molar-refractivity contribution >= 4 is 10.8 Å². The molecule has 3 rings (SSSR count). The lowest BCUT2D eigenvalue weighted by Gasteiger charge is -2.08. The van der Waals surface area contributed by atoms with E-state index in [4.69, 9.17) is 0 Å². The molecule has 4 heteroatoms. The van der Waals surface area contributed by atoms with Crippen molar-refractivity contribution in [2.75, 3.05) is 0 Å². The third-order valence-electron chi connectivity index (χ3n) is 3.26. The number of benzene rings is 1. The van der Waals surface area contributed by atoms with Crippen LogP contribution in [0.3, 0.4) is 0 Å². The van der Waals surface area contributed by atoms with Gasteiger partial charge in [0.2, 0.25) is 0 Å². The summed E-state index contributed by atoms with van der Waals surface area (Å²) in [5, 5.41) is 5.61. The molecule has 0 aliphatic rings. The molecule has 94 valence electrons. The van der Waals surface area contributed by atoms with E-state index in [2.05, 4.69) is 10.1 Å². The highest BCUT2D eigenvalue weighted by atomic mass is 16.1. The van der Waals surface area contributed by atoms with Gasteiger partial charge in [-0.25, -0.2) is 4.68 Å². The summed E-state index contributed by atoms with van der Waals surface area (Å²) < 4.78 is 1.34. The average molecular weight is 251 g/mol. The van der Waals surface area contributed by atoms with E-state index in [1.807, 2.05) is 37.3 Å². The topological polar surface area (TPSA) is 47.8 Å². The summed E-state index contributed by atoms with van der Waals surface area (Å²) in [5.74, 6) is 0. The first-order chi connectivity index (χ1) is 9.18. The largest absolute Gasteiger partial charge is 0.274 e. The molecule has 0 radical (unpaired) electrons. The number of pyridine rings is 1. The highest BCUT2D eigenvalue weighted by Crippen LogP contribution is 2.26. The second kappa shape index (κ2) is 4.31. The molecule has 1 aromatic carbocycles. The van der Waals surface area contributed by atoms with Crippen molar-refractivity contribution in [3.8, 4) is 11.3 Å². The van der Waals surface area contributed by atoms with Gasteiger partial charge in [0.1, 0.15) is 0 Å². The van der Waals surface area contributed by atoms with Gasteiger partial charge in [0.15, 0.2) is 0 Å². The molecule has 0 saturated heterocycles. The van der Waals surface area contributed by atoms with Crippen LogP contribution in [0.5, 0.6) is 0 Å². The van der Waals surface area contributed by atoms with Gasteiger partial charge in [0.25, 0.3) is 5.56 Å². The van der Waals surface area contributed by atoms with Crippen molar-refractivity contribution in [1.82, 2.24) is 14.8 Å². The molecule has 0 aliphatic carbocycles. The van der Waals surface area contributed by atoms with Gasteiger partial charge < -0.3 is 0 Å². The monoisotopic (exact) mass is 251 g/mol. The van der Waals surface area contributed by atoms with E-state index in [1.165, 1.54) is 4.68 Å². The first-order valence-electron chi connectivity index (χ1n) is 6.05. The van der Waals surface area contributed by atoms with Gasteiger partial charge >= 0.3 is 0 Å². The van der Waals surface area contributed by atoms with Crippen molar-refractivity contribution in [2.24, 2.45) is 7.05 Å². The Bertz CT molecular complexity index is 821. The fourth-order valence-corrected chi connectivity index (χ4v) is 2.24. The van der Waals surface area contributed by atoms with E-state index in [9.17, 15) is 4.79 Å². The van der Waals surface area contributed by atoms with Crippen molar-refractivity contribution in [1.29, 1.82) is 0 Å². The second-order valence-electron chi connectivity index (χ2n) is 4.51. The molecule has 0 amide bonds. The standard InChI is InChI=1S/C15H13N3O/c1-10-5-4-8-16-14(10)11-6-3-7-12-13(11)9-17-18(2)15(12)19/h3-9H,1-2H3. The molecule has 2 aromatic heterocycles. The normalized spacial score (nSPS) is 10.8. The van der Waals surface area contributed by atoms with E-state index >= 15 is 0 Å². The van der Waals surface area contributed by atoms with Gasteiger partial charge in [-0.15, -0.1) is 0 Å². The van der Waals surface area contributed by atoms with Gasteiger partial charge in [-0.05, 0) is 24.6 Å². The van der Waals surface area contributed by atoms with Gasteiger partial charge in [-0.1, -0.05) is 18.2 Å². The molecule has 0 bridgehead atoms. The zero-order chi connectivity index (χ0) is 13.4. The maximum Gasteiger partial charge on any atom is 0.274 e. The van der Waals surface area contributed by atoms with Crippen LogP contribution in [0.4, 0.5) is 0 Å². The molecule has 19 heavy (non-hydrogen) atoms.